The van der Waals surface area contributed by atoms with E-state index in [4.69, 9.17) is 0 Å². The molecule has 1 aliphatic heterocycles. The second-order valence-electron chi connectivity index (χ2n) is 2.95. The van der Waals surface area contributed by atoms with Crippen molar-refractivity contribution in [1.82, 2.24) is 10.2 Å². The first-order chi connectivity index (χ1) is 6.79. The van der Waals surface area contributed by atoms with Gasteiger partial charge in [-0.25, -0.2) is 0 Å². The molecule has 0 saturated heterocycles. The molecule has 1 rings (SSSR count). The Bertz CT molecular complexity index is 286. The summed E-state index contributed by atoms with van der Waals surface area (Å²) in [6, 6.07) is 0. The predicted octanol–water partition coefficient (Wildman–Crippen LogP) is 1.41. The molecule has 0 bridgehead atoms. The fourth-order valence-electron chi connectivity index (χ4n) is 1.27. The van der Waals surface area contributed by atoms with Crippen molar-refractivity contribution in [3.05, 3.63) is 36.2 Å². The first kappa shape index (κ1) is 10.6. The number of rotatable bonds is 3. The smallest absolute Gasteiger partial charge is 0.270 e. The Kier molecular flexibility index (Phi) is 3.98. The Morgan fingerprint density at radius 2 is 2.00 bits per heavy atom. The Hall–Kier alpha value is -1.51. The molecule has 1 amide bonds. The molecule has 0 saturated carbocycles. The third-order valence-corrected chi connectivity index (χ3v) is 2.10. The van der Waals surface area contributed by atoms with Gasteiger partial charge in [0.25, 0.3) is 5.91 Å². The Balaban J connectivity index is 2.73. The van der Waals surface area contributed by atoms with Gasteiger partial charge in [-0.3, -0.25) is 4.79 Å². The maximum atomic E-state index is 11.8. The van der Waals surface area contributed by atoms with E-state index < -0.39 is 0 Å². The lowest BCUT2D eigenvalue weighted by molar-refractivity contribution is -0.127. The minimum Gasteiger partial charge on any atom is -0.357 e. The van der Waals surface area contributed by atoms with Crippen molar-refractivity contribution in [1.29, 1.82) is 0 Å². The fraction of sp³-hybridized carbons (Fsp3) is 0.364. The molecule has 0 spiro atoms. The zero-order chi connectivity index (χ0) is 10.4. The van der Waals surface area contributed by atoms with E-state index in [-0.39, 0.29) is 5.91 Å². The molecule has 0 aromatic heterocycles. The Morgan fingerprint density at radius 1 is 1.29 bits per heavy atom. The third-order valence-electron chi connectivity index (χ3n) is 2.10. The van der Waals surface area contributed by atoms with Gasteiger partial charge in [0.2, 0.25) is 0 Å². The van der Waals surface area contributed by atoms with Crippen molar-refractivity contribution in [3.8, 4) is 0 Å². The van der Waals surface area contributed by atoms with Crippen molar-refractivity contribution in [2.24, 2.45) is 0 Å². The molecule has 0 unspecified atom stereocenters. The van der Waals surface area contributed by atoms with Gasteiger partial charge in [0.15, 0.2) is 0 Å². The molecule has 0 radical (unpaired) electrons. The van der Waals surface area contributed by atoms with Crippen LogP contribution in [0.4, 0.5) is 0 Å². The number of hydrogen-bond acceptors (Lipinski definition) is 2. The average molecular weight is 192 g/mol. The van der Waals surface area contributed by atoms with Crippen LogP contribution in [0.25, 0.3) is 0 Å². The molecule has 0 aliphatic carbocycles. The lowest BCUT2D eigenvalue weighted by Crippen LogP contribution is -2.34. The fourth-order valence-corrected chi connectivity index (χ4v) is 1.27. The highest BCUT2D eigenvalue weighted by Gasteiger charge is 2.13. The second kappa shape index (κ2) is 5.27. The van der Waals surface area contributed by atoms with E-state index in [2.05, 4.69) is 5.32 Å². The number of nitrogens with one attached hydrogen (secondary N) is 1. The van der Waals surface area contributed by atoms with Crippen LogP contribution in [-0.2, 0) is 4.79 Å². The normalized spacial score (nSPS) is 14.3. The molecule has 3 heteroatoms. The molecule has 76 valence electrons. The van der Waals surface area contributed by atoms with Crippen LogP contribution in [0.3, 0.4) is 0 Å². The summed E-state index contributed by atoms with van der Waals surface area (Å²) < 4.78 is 0. The van der Waals surface area contributed by atoms with E-state index in [1.54, 1.807) is 17.2 Å². The van der Waals surface area contributed by atoms with Crippen molar-refractivity contribution >= 4 is 5.91 Å². The maximum absolute atomic E-state index is 11.8. The van der Waals surface area contributed by atoms with E-state index in [1.807, 2.05) is 32.1 Å². The lowest BCUT2D eigenvalue weighted by Gasteiger charge is -2.19. The van der Waals surface area contributed by atoms with Crippen molar-refractivity contribution in [2.45, 2.75) is 13.8 Å². The number of carbonyl (C=O) groups excluding carboxylic acids is 1. The largest absolute Gasteiger partial charge is 0.357 e. The van der Waals surface area contributed by atoms with E-state index in [1.165, 1.54) is 0 Å². The quantitative estimate of drug-likeness (QED) is 0.733. The molecule has 14 heavy (non-hydrogen) atoms. The van der Waals surface area contributed by atoms with Crippen molar-refractivity contribution in [2.75, 3.05) is 13.1 Å². The van der Waals surface area contributed by atoms with Gasteiger partial charge in [0.1, 0.15) is 5.70 Å². The first-order valence-electron chi connectivity index (χ1n) is 4.89. The van der Waals surface area contributed by atoms with E-state index >= 15 is 0 Å². The van der Waals surface area contributed by atoms with Crippen LogP contribution in [0.2, 0.25) is 0 Å². The summed E-state index contributed by atoms with van der Waals surface area (Å²) in [6.45, 7) is 5.43. The van der Waals surface area contributed by atoms with Gasteiger partial charge in [-0.1, -0.05) is 12.2 Å². The van der Waals surface area contributed by atoms with Gasteiger partial charge in [-0.05, 0) is 26.0 Å². The van der Waals surface area contributed by atoms with Crippen LogP contribution >= 0.6 is 0 Å². The molecule has 1 aliphatic rings. The highest BCUT2D eigenvalue weighted by atomic mass is 16.2. The van der Waals surface area contributed by atoms with Crippen LogP contribution in [-0.4, -0.2) is 23.9 Å². The lowest BCUT2D eigenvalue weighted by atomic mass is 10.3. The SMILES string of the molecule is CCN(CC)C(=O)C1=CC=CC=CN1. The van der Waals surface area contributed by atoms with Gasteiger partial charge >= 0.3 is 0 Å². The number of likely N-dealkylation sites (N-methyl/N-ethyl adjacent to an activating group) is 1. The molecular formula is C11H16N2O. The number of carbonyl (C=O) groups is 1. The summed E-state index contributed by atoms with van der Waals surface area (Å²) in [5, 5.41) is 2.96. The number of allylic oxidation sites excluding steroid dienone is 4. The third kappa shape index (κ3) is 2.49. The maximum Gasteiger partial charge on any atom is 0.270 e. The number of amides is 1. The topological polar surface area (TPSA) is 32.3 Å². The Labute approximate surface area is 84.8 Å². The van der Waals surface area contributed by atoms with Crippen LogP contribution in [0.5, 0.6) is 0 Å². The first-order valence-corrected chi connectivity index (χ1v) is 4.89. The monoisotopic (exact) mass is 192 g/mol. The van der Waals surface area contributed by atoms with Crippen LogP contribution in [0.15, 0.2) is 36.2 Å². The molecule has 0 aromatic rings. The van der Waals surface area contributed by atoms with Crippen LogP contribution in [0, 0.1) is 0 Å². The molecule has 3 nitrogen and oxygen atoms in total. The van der Waals surface area contributed by atoms with Gasteiger partial charge in [-0.15, -0.1) is 0 Å². The summed E-state index contributed by atoms with van der Waals surface area (Å²) in [5.41, 5.74) is 0.624. The van der Waals surface area contributed by atoms with Crippen LogP contribution < -0.4 is 5.32 Å². The summed E-state index contributed by atoms with van der Waals surface area (Å²) in [7, 11) is 0. The summed E-state index contributed by atoms with van der Waals surface area (Å²) in [6.07, 6.45) is 9.15. The number of hydrogen-bond donors (Lipinski definition) is 1. The standard InChI is InChI=1S/C11H16N2O/c1-3-13(4-2)11(14)10-8-6-5-7-9-12-10/h5-9,12H,3-4H2,1-2H3. The zero-order valence-electron chi connectivity index (χ0n) is 8.66. The summed E-state index contributed by atoms with van der Waals surface area (Å²) in [5.74, 6) is 0.0474. The zero-order valence-corrected chi connectivity index (χ0v) is 8.66. The van der Waals surface area contributed by atoms with Gasteiger partial charge in [-0.2, -0.15) is 0 Å². The molecule has 0 aromatic carbocycles. The number of nitrogens with zero attached hydrogens (tertiary/aromatic N) is 1. The summed E-state index contributed by atoms with van der Waals surface area (Å²) in [4.78, 5) is 13.6. The van der Waals surface area contributed by atoms with Gasteiger partial charge < -0.3 is 10.2 Å². The van der Waals surface area contributed by atoms with Gasteiger partial charge in [0, 0.05) is 19.3 Å². The Morgan fingerprint density at radius 3 is 2.64 bits per heavy atom. The average Bonchev–Trinajstić information content (AvgIpc) is 2.47. The molecule has 0 fully saturated rings. The molecule has 0 atom stereocenters. The minimum atomic E-state index is 0.0474. The van der Waals surface area contributed by atoms with E-state index in [0.717, 1.165) is 13.1 Å². The van der Waals surface area contributed by atoms with E-state index in [0.29, 0.717) is 5.70 Å². The second-order valence-corrected chi connectivity index (χ2v) is 2.95. The molecule has 1 heterocycles. The van der Waals surface area contributed by atoms with E-state index in [9.17, 15) is 4.79 Å². The molecular weight excluding hydrogens is 176 g/mol. The van der Waals surface area contributed by atoms with Crippen molar-refractivity contribution < 1.29 is 4.79 Å². The minimum absolute atomic E-state index is 0.0474. The highest BCUT2D eigenvalue weighted by molar-refractivity contribution is 5.93. The molecule has 1 N–H and O–H groups in total. The van der Waals surface area contributed by atoms with Gasteiger partial charge in [0.05, 0.1) is 0 Å². The summed E-state index contributed by atoms with van der Waals surface area (Å²) >= 11 is 0. The van der Waals surface area contributed by atoms with Crippen LogP contribution in [0.1, 0.15) is 13.8 Å². The highest BCUT2D eigenvalue weighted by Crippen LogP contribution is 2.01. The van der Waals surface area contributed by atoms with Crippen molar-refractivity contribution in [3.63, 3.8) is 0 Å². The predicted molar refractivity (Wildman–Crippen MR) is 57.4 cm³/mol.